The van der Waals surface area contributed by atoms with Crippen molar-refractivity contribution in [2.75, 3.05) is 32.8 Å². The minimum absolute atomic E-state index is 0.0344. The molecule has 168 valence electrons. The summed E-state index contributed by atoms with van der Waals surface area (Å²) in [6.45, 7) is 5.85. The lowest BCUT2D eigenvalue weighted by molar-refractivity contribution is -0.138. The van der Waals surface area contributed by atoms with E-state index in [1.165, 1.54) is 11.1 Å². The molecule has 0 saturated carbocycles. The van der Waals surface area contributed by atoms with Crippen LogP contribution in [0.4, 0.5) is 0 Å². The third kappa shape index (κ3) is 5.37. The molecular formula is C26H31N3O3. The fourth-order valence-electron chi connectivity index (χ4n) is 4.37. The van der Waals surface area contributed by atoms with Crippen LogP contribution >= 0.6 is 0 Å². The number of hydrogen-bond donors (Lipinski definition) is 1. The first-order chi connectivity index (χ1) is 15.6. The van der Waals surface area contributed by atoms with Crippen molar-refractivity contribution in [1.82, 2.24) is 15.1 Å². The maximum absolute atomic E-state index is 13.0. The average Bonchev–Trinajstić information content (AvgIpc) is 2.83. The Morgan fingerprint density at radius 1 is 1.09 bits per heavy atom. The first-order valence-corrected chi connectivity index (χ1v) is 11.4. The van der Waals surface area contributed by atoms with Gasteiger partial charge in [0.05, 0.1) is 19.1 Å². The molecule has 4 rings (SSSR count). The van der Waals surface area contributed by atoms with Crippen LogP contribution in [0, 0.1) is 0 Å². The fraction of sp³-hybridized carbons (Fsp3) is 0.385. The van der Waals surface area contributed by atoms with Gasteiger partial charge in [0.2, 0.25) is 11.8 Å². The Hall–Kier alpha value is -3.12. The van der Waals surface area contributed by atoms with Crippen LogP contribution < -0.4 is 10.1 Å². The second kappa shape index (κ2) is 10.5. The van der Waals surface area contributed by atoms with Crippen LogP contribution in [0.15, 0.2) is 60.7 Å². The van der Waals surface area contributed by atoms with Crippen molar-refractivity contribution in [2.24, 2.45) is 0 Å². The monoisotopic (exact) mass is 433 g/mol. The highest BCUT2D eigenvalue weighted by Crippen LogP contribution is 2.23. The summed E-state index contributed by atoms with van der Waals surface area (Å²) in [5, 5.41) is 2.93. The third-order valence-electron chi connectivity index (χ3n) is 6.14. The van der Waals surface area contributed by atoms with Crippen molar-refractivity contribution in [3.05, 3.63) is 71.8 Å². The molecule has 0 aromatic heterocycles. The molecule has 0 bridgehead atoms. The van der Waals surface area contributed by atoms with Gasteiger partial charge in [-0.15, -0.1) is 0 Å². The molecule has 6 heteroatoms. The van der Waals surface area contributed by atoms with E-state index in [1.54, 1.807) is 0 Å². The van der Waals surface area contributed by atoms with Gasteiger partial charge in [-0.05, 0) is 42.2 Å². The molecule has 2 aliphatic rings. The van der Waals surface area contributed by atoms with E-state index in [9.17, 15) is 9.59 Å². The van der Waals surface area contributed by atoms with Gasteiger partial charge in [0.15, 0.2) is 0 Å². The number of hydrogen-bond acceptors (Lipinski definition) is 4. The van der Waals surface area contributed by atoms with Crippen LogP contribution in [0.1, 0.15) is 30.9 Å². The van der Waals surface area contributed by atoms with Crippen molar-refractivity contribution >= 4 is 17.4 Å². The molecule has 2 aliphatic heterocycles. The summed E-state index contributed by atoms with van der Waals surface area (Å²) < 4.78 is 5.51. The van der Waals surface area contributed by atoms with Gasteiger partial charge in [-0.3, -0.25) is 14.5 Å². The molecule has 0 spiro atoms. The molecule has 2 aromatic carbocycles. The molecule has 1 fully saturated rings. The maximum Gasteiger partial charge on any atom is 0.237 e. The Kier molecular flexibility index (Phi) is 7.22. The summed E-state index contributed by atoms with van der Waals surface area (Å²) in [5.74, 6) is 0.813. The highest BCUT2D eigenvalue weighted by atomic mass is 16.5. The highest BCUT2D eigenvalue weighted by Gasteiger charge is 2.33. The first kappa shape index (κ1) is 22.1. The van der Waals surface area contributed by atoms with Gasteiger partial charge in [-0.25, -0.2) is 0 Å². The van der Waals surface area contributed by atoms with Crippen LogP contribution in [0.25, 0.3) is 5.57 Å². The number of carbonyl (C=O) groups is 2. The van der Waals surface area contributed by atoms with Gasteiger partial charge in [0.25, 0.3) is 0 Å². The zero-order valence-corrected chi connectivity index (χ0v) is 18.6. The molecule has 0 radical (unpaired) electrons. The number of nitrogens with zero attached hydrogens (tertiary/aromatic N) is 2. The predicted molar refractivity (Wildman–Crippen MR) is 125 cm³/mol. The fourth-order valence-corrected chi connectivity index (χ4v) is 4.37. The lowest BCUT2D eigenvalue weighted by atomic mass is 9.99. The summed E-state index contributed by atoms with van der Waals surface area (Å²) in [6, 6.07) is 17.8. The van der Waals surface area contributed by atoms with Crippen LogP contribution in [0.2, 0.25) is 0 Å². The SMILES string of the molecule is CCOc1ccc(CN2CCNC(=O)C2CC(=O)N2CC=C(c3ccccc3)CC2)cc1. The van der Waals surface area contributed by atoms with Gasteiger partial charge < -0.3 is 15.0 Å². The molecular weight excluding hydrogens is 402 g/mol. The molecule has 2 heterocycles. The molecule has 0 aliphatic carbocycles. The quantitative estimate of drug-likeness (QED) is 0.729. The van der Waals surface area contributed by atoms with Gasteiger partial charge in [0.1, 0.15) is 5.75 Å². The summed E-state index contributed by atoms with van der Waals surface area (Å²) in [6.07, 6.45) is 3.18. The molecule has 1 unspecified atom stereocenters. The van der Waals surface area contributed by atoms with Crippen LogP contribution in [-0.2, 0) is 16.1 Å². The van der Waals surface area contributed by atoms with Crippen LogP contribution in [0.3, 0.4) is 0 Å². The van der Waals surface area contributed by atoms with E-state index >= 15 is 0 Å². The van der Waals surface area contributed by atoms with Gasteiger partial charge >= 0.3 is 0 Å². The number of nitrogens with one attached hydrogen (secondary N) is 1. The van der Waals surface area contributed by atoms with E-state index < -0.39 is 6.04 Å². The second-order valence-corrected chi connectivity index (χ2v) is 8.24. The zero-order chi connectivity index (χ0) is 22.3. The smallest absolute Gasteiger partial charge is 0.237 e. The Balaban J connectivity index is 1.38. The minimum Gasteiger partial charge on any atom is -0.494 e. The maximum atomic E-state index is 13.0. The normalized spacial score (nSPS) is 19.3. The number of amides is 2. The van der Waals surface area contributed by atoms with Crippen molar-refractivity contribution in [1.29, 1.82) is 0 Å². The number of carbonyl (C=O) groups excluding carboxylic acids is 2. The van der Waals surface area contributed by atoms with Crippen LogP contribution in [-0.4, -0.2) is 60.4 Å². The summed E-state index contributed by atoms with van der Waals surface area (Å²) in [4.78, 5) is 29.7. The largest absolute Gasteiger partial charge is 0.494 e. The lowest BCUT2D eigenvalue weighted by Crippen LogP contribution is -2.56. The lowest BCUT2D eigenvalue weighted by Gasteiger charge is -2.36. The van der Waals surface area contributed by atoms with E-state index in [-0.39, 0.29) is 18.2 Å². The minimum atomic E-state index is -0.442. The number of ether oxygens (including phenoxy) is 1. The van der Waals surface area contributed by atoms with E-state index in [0.717, 1.165) is 24.3 Å². The molecule has 6 nitrogen and oxygen atoms in total. The molecule has 32 heavy (non-hydrogen) atoms. The molecule has 2 aromatic rings. The van der Waals surface area contributed by atoms with Gasteiger partial charge in [0, 0.05) is 32.7 Å². The highest BCUT2D eigenvalue weighted by molar-refractivity contribution is 5.89. The number of benzene rings is 2. The van der Waals surface area contributed by atoms with Gasteiger partial charge in [-0.1, -0.05) is 48.5 Å². The molecule has 1 saturated heterocycles. The van der Waals surface area contributed by atoms with E-state index in [0.29, 0.717) is 32.8 Å². The van der Waals surface area contributed by atoms with Crippen LogP contribution in [0.5, 0.6) is 5.75 Å². The Bertz CT molecular complexity index is 956. The summed E-state index contributed by atoms with van der Waals surface area (Å²) in [7, 11) is 0. The standard InChI is InChI=1S/C26H31N3O3/c1-2-32-23-10-8-20(9-11-23)19-29-17-14-27-26(31)24(29)18-25(30)28-15-12-22(13-16-28)21-6-4-3-5-7-21/h3-12,24H,2,13-19H2,1H3,(H,27,31). The number of rotatable bonds is 7. The Morgan fingerprint density at radius 3 is 2.56 bits per heavy atom. The van der Waals surface area contributed by atoms with Crippen molar-refractivity contribution in [2.45, 2.75) is 32.4 Å². The Labute approximate surface area is 189 Å². The topological polar surface area (TPSA) is 61.9 Å². The van der Waals surface area contributed by atoms with E-state index in [1.807, 2.05) is 54.3 Å². The third-order valence-corrected chi connectivity index (χ3v) is 6.14. The van der Waals surface area contributed by atoms with E-state index in [4.69, 9.17) is 4.74 Å². The molecule has 1 N–H and O–H groups in total. The summed E-state index contributed by atoms with van der Waals surface area (Å²) in [5.41, 5.74) is 3.60. The van der Waals surface area contributed by atoms with Crippen molar-refractivity contribution in [3.63, 3.8) is 0 Å². The first-order valence-electron chi connectivity index (χ1n) is 11.4. The second-order valence-electron chi connectivity index (χ2n) is 8.24. The predicted octanol–water partition coefficient (Wildman–Crippen LogP) is 3.09. The Morgan fingerprint density at radius 2 is 1.88 bits per heavy atom. The molecule has 1 atom stereocenters. The zero-order valence-electron chi connectivity index (χ0n) is 18.6. The number of piperazine rings is 1. The van der Waals surface area contributed by atoms with Gasteiger partial charge in [-0.2, -0.15) is 0 Å². The molecule has 2 amide bonds. The summed E-state index contributed by atoms with van der Waals surface area (Å²) >= 11 is 0. The van der Waals surface area contributed by atoms with E-state index in [2.05, 4.69) is 28.4 Å². The van der Waals surface area contributed by atoms with Crippen molar-refractivity contribution < 1.29 is 14.3 Å². The average molecular weight is 434 g/mol. The van der Waals surface area contributed by atoms with Crippen molar-refractivity contribution in [3.8, 4) is 5.75 Å².